The number of β-amino-alcohol motifs (C(OH)–C–C–N with tert-alkyl or cyclic N) is 1. The molecule has 1 N–H and O–H groups in total. The minimum atomic E-state index is -0.275. The van der Waals surface area contributed by atoms with Crippen molar-refractivity contribution < 1.29 is 9.84 Å². The molecule has 1 fully saturated rings. The van der Waals surface area contributed by atoms with E-state index >= 15 is 0 Å². The maximum atomic E-state index is 10.1. The summed E-state index contributed by atoms with van der Waals surface area (Å²) in [7, 11) is 4.04. The summed E-state index contributed by atoms with van der Waals surface area (Å²) in [6, 6.07) is 8.38. The van der Waals surface area contributed by atoms with Crippen molar-refractivity contribution in [3.8, 4) is 5.75 Å². The van der Waals surface area contributed by atoms with E-state index < -0.39 is 0 Å². The summed E-state index contributed by atoms with van der Waals surface area (Å²) in [5, 5.41) is 10.1. The summed E-state index contributed by atoms with van der Waals surface area (Å²) in [5.74, 6) is 0.949. The Hall–Kier alpha value is -1.10. The lowest BCUT2D eigenvalue weighted by molar-refractivity contribution is 0.112. The van der Waals surface area contributed by atoms with Gasteiger partial charge in [0, 0.05) is 31.2 Å². The van der Waals surface area contributed by atoms with Crippen molar-refractivity contribution in [3.63, 3.8) is 0 Å². The first-order valence-electron chi connectivity index (χ1n) is 7.28. The fourth-order valence-corrected chi connectivity index (χ4v) is 2.73. The van der Waals surface area contributed by atoms with Crippen molar-refractivity contribution in [1.29, 1.82) is 0 Å². The normalized spacial score (nSPS) is 23.8. The van der Waals surface area contributed by atoms with Gasteiger partial charge in [-0.2, -0.15) is 0 Å². The van der Waals surface area contributed by atoms with E-state index in [0.29, 0.717) is 0 Å². The van der Waals surface area contributed by atoms with E-state index in [1.807, 2.05) is 46.1 Å². The van der Waals surface area contributed by atoms with Crippen molar-refractivity contribution in [2.45, 2.75) is 38.6 Å². The van der Waals surface area contributed by atoms with E-state index in [2.05, 4.69) is 15.9 Å². The SMILES string of the molecule is CC(C)Oc1ccccc1CN1C[C@H](O)[C@@H](N(C)C)C1. The highest BCUT2D eigenvalue weighted by molar-refractivity contribution is 5.33. The maximum Gasteiger partial charge on any atom is 0.124 e. The molecule has 0 radical (unpaired) electrons. The zero-order valence-corrected chi connectivity index (χ0v) is 12.9. The fraction of sp³-hybridized carbons (Fsp3) is 0.625. The number of ether oxygens (including phenoxy) is 1. The number of hydrogen-bond donors (Lipinski definition) is 1. The van der Waals surface area contributed by atoms with Crippen molar-refractivity contribution in [3.05, 3.63) is 29.8 Å². The molecular weight excluding hydrogens is 252 g/mol. The van der Waals surface area contributed by atoms with Crippen LogP contribution in [0.1, 0.15) is 19.4 Å². The van der Waals surface area contributed by atoms with Gasteiger partial charge in [-0.3, -0.25) is 4.90 Å². The monoisotopic (exact) mass is 278 g/mol. The standard InChI is InChI=1S/C16H26N2O2/c1-12(2)20-16-8-6-5-7-13(16)9-18-10-14(17(3)4)15(19)11-18/h5-8,12,14-15,19H,9-11H2,1-4H3/t14-,15-/m0/s1. The lowest BCUT2D eigenvalue weighted by atomic mass is 10.2. The number of likely N-dealkylation sites (tertiary alicyclic amines) is 1. The Morgan fingerprint density at radius 3 is 2.60 bits per heavy atom. The number of hydrogen-bond acceptors (Lipinski definition) is 4. The quantitative estimate of drug-likeness (QED) is 0.887. The first-order valence-corrected chi connectivity index (χ1v) is 7.28. The maximum absolute atomic E-state index is 10.1. The van der Waals surface area contributed by atoms with Crippen LogP contribution in [0.2, 0.25) is 0 Å². The number of likely N-dealkylation sites (N-methyl/N-ethyl adjacent to an activating group) is 1. The molecule has 1 heterocycles. The first-order chi connectivity index (χ1) is 9.47. The average molecular weight is 278 g/mol. The Kier molecular flexibility index (Phi) is 5.02. The van der Waals surface area contributed by atoms with Gasteiger partial charge in [0.15, 0.2) is 0 Å². The molecule has 20 heavy (non-hydrogen) atoms. The topological polar surface area (TPSA) is 35.9 Å². The molecule has 0 unspecified atom stereocenters. The van der Waals surface area contributed by atoms with Crippen LogP contribution in [0.3, 0.4) is 0 Å². The van der Waals surface area contributed by atoms with Gasteiger partial charge in [0.05, 0.1) is 12.2 Å². The van der Waals surface area contributed by atoms with E-state index in [1.165, 1.54) is 5.56 Å². The Bertz CT molecular complexity index is 434. The molecule has 1 aromatic carbocycles. The van der Waals surface area contributed by atoms with Crippen LogP contribution in [0.5, 0.6) is 5.75 Å². The van der Waals surface area contributed by atoms with Crippen molar-refractivity contribution in [2.24, 2.45) is 0 Å². The Morgan fingerprint density at radius 2 is 2.00 bits per heavy atom. The van der Waals surface area contributed by atoms with Gasteiger partial charge in [-0.05, 0) is 34.0 Å². The average Bonchev–Trinajstić information content (AvgIpc) is 2.72. The molecule has 2 rings (SSSR count). The molecule has 1 saturated heterocycles. The largest absolute Gasteiger partial charge is 0.491 e. The van der Waals surface area contributed by atoms with Crippen LogP contribution in [0, 0.1) is 0 Å². The highest BCUT2D eigenvalue weighted by Gasteiger charge is 2.32. The van der Waals surface area contributed by atoms with Gasteiger partial charge in [0.25, 0.3) is 0 Å². The number of aliphatic hydroxyl groups is 1. The van der Waals surface area contributed by atoms with Crippen molar-refractivity contribution >= 4 is 0 Å². The molecular formula is C16H26N2O2. The van der Waals surface area contributed by atoms with Crippen LogP contribution in [-0.4, -0.2) is 60.3 Å². The Labute approximate surface area is 122 Å². The summed E-state index contributed by atoms with van der Waals surface area (Å²) in [6.45, 7) is 6.52. The third kappa shape index (κ3) is 3.72. The van der Waals surface area contributed by atoms with Gasteiger partial charge < -0.3 is 14.7 Å². The zero-order valence-electron chi connectivity index (χ0n) is 12.9. The number of rotatable bonds is 5. The third-order valence-corrected chi connectivity index (χ3v) is 3.73. The minimum absolute atomic E-state index is 0.176. The van der Waals surface area contributed by atoms with Crippen molar-refractivity contribution in [2.75, 3.05) is 27.2 Å². The summed E-state index contributed by atoms with van der Waals surface area (Å²) in [4.78, 5) is 4.39. The second-order valence-electron chi connectivity index (χ2n) is 6.07. The number of para-hydroxylation sites is 1. The smallest absolute Gasteiger partial charge is 0.124 e. The zero-order chi connectivity index (χ0) is 14.7. The third-order valence-electron chi connectivity index (χ3n) is 3.73. The van der Waals surface area contributed by atoms with Crippen LogP contribution < -0.4 is 4.74 Å². The summed E-state index contributed by atoms with van der Waals surface area (Å²) < 4.78 is 5.86. The molecule has 0 amide bonds. The number of aliphatic hydroxyl groups excluding tert-OH is 1. The molecule has 112 valence electrons. The predicted molar refractivity (Wildman–Crippen MR) is 81.0 cm³/mol. The molecule has 1 aliphatic rings. The van der Waals surface area contributed by atoms with E-state index in [-0.39, 0.29) is 18.2 Å². The van der Waals surface area contributed by atoms with Gasteiger partial charge in [0.1, 0.15) is 5.75 Å². The number of benzene rings is 1. The van der Waals surface area contributed by atoms with Crippen LogP contribution in [-0.2, 0) is 6.54 Å². The summed E-state index contributed by atoms with van der Waals surface area (Å²) >= 11 is 0. The summed E-state index contributed by atoms with van der Waals surface area (Å²) in [5.41, 5.74) is 1.19. The predicted octanol–water partition coefficient (Wildman–Crippen LogP) is 1.58. The second kappa shape index (κ2) is 6.57. The van der Waals surface area contributed by atoms with Crippen LogP contribution in [0.25, 0.3) is 0 Å². The molecule has 0 spiro atoms. The van der Waals surface area contributed by atoms with Crippen molar-refractivity contribution in [1.82, 2.24) is 9.80 Å². The molecule has 0 aliphatic carbocycles. The van der Waals surface area contributed by atoms with Gasteiger partial charge in [-0.15, -0.1) is 0 Å². The fourth-order valence-electron chi connectivity index (χ4n) is 2.73. The molecule has 1 aliphatic heterocycles. The van der Waals surface area contributed by atoms with Crippen LogP contribution in [0.4, 0.5) is 0 Å². The Balaban J connectivity index is 2.04. The molecule has 0 bridgehead atoms. The van der Waals surface area contributed by atoms with Gasteiger partial charge in [0.2, 0.25) is 0 Å². The van der Waals surface area contributed by atoms with Crippen LogP contribution >= 0.6 is 0 Å². The minimum Gasteiger partial charge on any atom is -0.491 e. The van der Waals surface area contributed by atoms with E-state index in [9.17, 15) is 5.11 Å². The summed E-state index contributed by atoms with van der Waals surface area (Å²) in [6.07, 6.45) is -0.0991. The molecule has 4 nitrogen and oxygen atoms in total. The second-order valence-corrected chi connectivity index (χ2v) is 6.07. The first kappa shape index (κ1) is 15.3. The molecule has 0 aromatic heterocycles. The molecule has 0 saturated carbocycles. The van der Waals surface area contributed by atoms with E-state index in [1.54, 1.807) is 0 Å². The lowest BCUT2D eigenvalue weighted by Crippen LogP contribution is -2.37. The highest BCUT2D eigenvalue weighted by atomic mass is 16.5. The van der Waals surface area contributed by atoms with E-state index in [0.717, 1.165) is 25.4 Å². The van der Waals surface area contributed by atoms with E-state index in [4.69, 9.17) is 4.74 Å². The number of nitrogens with zero attached hydrogens (tertiary/aromatic N) is 2. The Morgan fingerprint density at radius 1 is 1.30 bits per heavy atom. The lowest BCUT2D eigenvalue weighted by Gasteiger charge is -2.22. The molecule has 4 heteroatoms. The van der Waals surface area contributed by atoms with Crippen LogP contribution in [0.15, 0.2) is 24.3 Å². The highest BCUT2D eigenvalue weighted by Crippen LogP contribution is 2.24. The van der Waals surface area contributed by atoms with Gasteiger partial charge in [-0.25, -0.2) is 0 Å². The molecule has 2 atom stereocenters. The van der Waals surface area contributed by atoms with Gasteiger partial charge >= 0.3 is 0 Å². The van der Waals surface area contributed by atoms with Gasteiger partial charge in [-0.1, -0.05) is 18.2 Å². The molecule has 1 aromatic rings.